The van der Waals surface area contributed by atoms with E-state index in [-0.39, 0.29) is 11.8 Å². The fourth-order valence-electron chi connectivity index (χ4n) is 4.42. The van der Waals surface area contributed by atoms with Crippen molar-refractivity contribution in [1.29, 1.82) is 0 Å². The Morgan fingerprint density at radius 1 is 1.03 bits per heavy atom. The predicted octanol–water partition coefficient (Wildman–Crippen LogP) is 5.52. The number of carbonyl (C=O) groups is 1. The van der Waals surface area contributed by atoms with Crippen molar-refractivity contribution in [2.75, 3.05) is 24.3 Å². The quantitative estimate of drug-likeness (QED) is 0.404. The molecule has 4 aromatic rings. The van der Waals surface area contributed by atoms with Gasteiger partial charge < -0.3 is 15.4 Å². The van der Waals surface area contributed by atoms with E-state index in [1.165, 1.54) is 11.1 Å². The number of anilines is 2. The van der Waals surface area contributed by atoms with Gasteiger partial charge in [0.15, 0.2) is 0 Å². The molecule has 1 heterocycles. The largest absolute Gasteiger partial charge is 0.494 e. The summed E-state index contributed by atoms with van der Waals surface area (Å²) in [4.78, 5) is 21.8. The minimum absolute atomic E-state index is 0.148. The highest BCUT2D eigenvalue weighted by Crippen LogP contribution is 2.42. The minimum Gasteiger partial charge on any atom is -0.494 e. The highest BCUT2D eigenvalue weighted by molar-refractivity contribution is 6.04. The van der Waals surface area contributed by atoms with Gasteiger partial charge in [-0.05, 0) is 66.4 Å². The molecule has 6 nitrogen and oxygen atoms in total. The van der Waals surface area contributed by atoms with Crippen LogP contribution in [0, 0.1) is 0 Å². The molecule has 6 heteroatoms. The average Bonchev–Trinajstić information content (AvgIpc) is 2.89. The maximum atomic E-state index is 12.7. The fraction of sp³-hybridized carbons (Fsp3) is 0.179. The van der Waals surface area contributed by atoms with Crippen LogP contribution in [-0.4, -0.2) is 29.5 Å². The monoisotopic (exact) mass is 450 g/mol. The summed E-state index contributed by atoms with van der Waals surface area (Å²) >= 11 is 0. The summed E-state index contributed by atoms with van der Waals surface area (Å²) in [6.45, 7) is 2.53. The summed E-state index contributed by atoms with van der Waals surface area (Å²) in [6, 6.07) is 23.7. The van der Waals surface area contributed by atoms with Crippen LogP contribution in [0.4, 0.5) is 11.6 Å². The van der Waals surface area contributed by atoms with Crippen molar-refractivity contribution in [2.24, 2.45) is 0 Å². The predicted molar refractivity (Wildman–Crippen MR) is 135 cm³/mol. The molecule has 0 saturated carbocycles. The maximum Gasteiger partial charge on any atom is 0.255 e. The molecule has 0 bridgehead atoms. The first-order valence-corrected chi connectivity index (χ1v) is 11.4. The Balaban J connectivity index is 1.36. The first-order valence-electron chi connectivity index (χ1n) is 11.4. The number of nitrogens with zero attached hydrogens (tertiary/aromatic N) is 2. The summed E-state index contributed by atoms with van der Waals surface area (Å²) in [7, 11) is 1.83. The Morgan fingerprint density at radius 3 is 2.53 bits per heavy atom. The summed E-state index contributed by atoms with van der Waals surface area (Å²) < 4.78 is 5.45. The normalized spacial score (nSPS) is 14.0. The molecule has 0 radical (unpaired) electrons. The number of hydrogen-bond acceptors (Lipinski definition) is 5. The number of fused-ring (bicyclic) bond motifs is 3. The molecule has 0 saturated heterocycles. The van der Waals surface area contributed by atoms with Gasteiger partial charge in [0.25, 0.3) is 5.91 Å². The van der Waals surface area contributed by atoms with E-state index in [4.69, 9.17) is 9.72 Å². The first kappa shape index (κ1) is 21.6. The van der Waals surface area contributed by atoms with Gasteiger partial charge in [0.2, 0.25) is 5.95 Å². The lowest BCUT2D eigenvalue weighted by Crippen LogP contribution is -2.15. The smallest absolute Gasteiger partial charge is 0.255 e. The lowest BCUT2D eigenvalue weighted by atomic mass is 9.78. The molecule has 0 aliphatic heterocycles. The zero-order valence-corrected chi connectivity index (χ0v) is 19.2. The highest BCUT2D eigenvalue weighted by Gasteiger charge is 2.27. The Bertz CT molecular complexity index is 1320. The van der Waals surface area contributed by atoms with Gasteiger partial charge >= 0.3 is 0 Å². The molecule has 0 fully saturated rings. The van der Waals surface area contributed by atoms with Crippen molar-refractivity contribution >= 4 is 17.5 Å². The summed E-state index contributed by atoms with van der Waals surface area (Å²) in [6.07, 6.45) is 2.75. The Labute approximate surface area is 199 Å². The van der Waals surface area contributed by atoms with Crippen LogP contribution in [-0.2, 0) is 6.42 Å². The number of rotatable bonds is 6. The van der Waals surface area contributed by atoms with E-state index in [1.807, 2.05) is 50.5 Å². The molecule has 1 aliphatic rings. The number of nitrogens with one attached hydrogen (secondary N) is 2. The fourth-order valence-corrected chi connectivity index (χ4v) is 4.42. The second-order valence-corrected chi connectivity index (χ2v) is 8.19. The zero-order chi connectivity index (χ0) is 23.5. The van der Waals surface area contributed by atoms with Crippen molar-refractivity contribution in [1.82, 2.24) is 9.97 Å². The third-order valence-electron chi connectivity index (χ3n) is 6.10. The van der Waals surface area contributed by atoms with Crippen molar-refractivity contribution in [3.05, 3.63) is 101 Å². The van der Waals surface area contributed by atoms with Gasteiger partial charge in [0.1, 0.15) is 5.75 Å². The summed E-state index contributed by atoms with van der Waals surface area (Å²) in [5, 5.41) is 6.01. The van der Waals surface area contributed by atoms with Crippen molar-refractivity contribution in [3.8, 4) is 17.0 Å². The van der Waals surface area contributed by atoms with Crippen LogP contribution in [0.5, 0.6) is 5.75 Å². The van der Waals surface area contributed by atoms with Gasteiger partial charge in [-0.15, -0.1) is 0 Å². The van der Waals surface area contributed by atoms with Crippen molar-refractivity contribution in [3.63, 3.8) is 0 Å². The molecule has 1 atom stereocenters. The molecular weight excluding hydrogens is 424 g/mol. The van der Waals surface area contributed by atoms with Crippen LogP contribution < -0.4 is 15.4 Å². The number of carbonyl (C=O) groups excluding carboxylic acids is 1. The molecule has 170 valence electrons. The number of hydrogen-bond donors (Lipinski definition) is 2. The molecule has 1 unspecified atom stereocenters. The zero-order valence-electron chi connectivity index (χ0n) is 19.2. The second kappa shape index (κ2) is 9.35. The van der Waals surface area contributed by atoms with Gasteiger partial charge in [-0.1, -0.05) is 36.4 Å². The standard InChI is InChI=1S/C28H26N4O2/c1-3-34-22-14-10-19(11-15-22)27(33)31-21-12-8-18(9-13-21)25-16-20-17-30-28(29-2)32-26(20)24-7-5-4-6-23(24)25/h4-15,17,25H,3,16H2,1-2H3,(H,31,33)(H,29,30,32). The molecule has 3 aromatic carbocycles. The van der Waals surface area contributed by atoms with Gasteiger partial charge in [0.05, 0.1) is 12.3 Å². The minimum atomic E-state index is -0.148. The van der Waals surface area contributed by atoms with E-state index in [0.717, 1.165) is 34.7 Å². The number of aromatic nitrogens is 2. The topological polar surface area (TPSA) is 76.1 Å². The van der Waals surface area contributed by atoms with Crippen LogP contribution in [0.1, 0.15) is 39.9 Å². The average molecular weight is 451 g/mol. The van der Waals surface area contributed by atoms with Crippen LogP contribution in [0.15, 0.2) is 79.0 Å². The second-order valence-electron chi connectivity index (χ2n) is 8.19. The molecular formula is C28H26N4O2. The third kappa shape index (κ3) is 4.22. The molecule has 1 amide bonds. The van der Waals surface area contributed by atoms with Crippen LogP contribution in [0.2, 0.25) is 0 Å². The number of ether oxygens (including phenoxy) is 1. The van der Waals surface area contributed by atoms with E-state index in [1.54, 1.807) is 12.1 Å². The molecule has 5 rings (SSSR count). The lowest BCUT2D eigenvalue weighted by Gasteiger charge is -2.27. The lowest BCUT2D eigenvalue weighted by molar-refractivity contribution is 0.102. The summed E-state index contributed by atoms with van der Waals surface area (Å²) in [5.74, 6) is 1.43. The van der Waals surface area contributed by atoms with E-state index in [0.29, 0.717) is 18.1 Å². The molecule has 34 heavy (non-hydrogen) atoms. The molecule has 1 aliphatic carbocycles. The van der Waals surface area contributed by atoms with E-state index in [9.17, 15) is 4.79 Å². The first-order chi connectivity index (χ1) is 16.7. The van der Waals surface area contributed by atoms with Crippen molar-refractivity contribution in [2.45, 2.75) is 19.3 Å². The van der Waals surface area contributed by atoms with E-state index < -0.39 is 0 Å². The Hall–Kier alpha value is -4.19. The van der Waals surface area contributed by atoms with Gasteiger partial charge in [-0.3, -0.25) is 4.79 Å². The SMILES string of the molecule is CCOc1ccc(C(=O)Nc2ccc(C3Cc4cnc(NC)nc4-c4ccccc43)cc2)cc1. The van der Waals surface area contributed by atoms with Crippen molar-refractivity contribution < 1.29 is 9.53 Å². The van der Waals surface area contributed by atoms with Crippen LogP contribution in [0.25, 0.3) is 11.3 Å². The molecule has 1 aromatic heterocycles. The van der Waals surface area contributed by atoms with Crippen LogP contribution >= 0.6 is 0 Å². The number of benzene rings is 3. The van der Waals surface area contributed by atoms with E-state index in [2.05, 4.69) is 45.9 Å². The van der Waals surface area contributed by atoms with E-state index >= 15 is 0 Å². The Kier molecular flexibility index (Phi) is 5.95. The maximum absolute atomic E-state index is 12.7. The summed E-state index contributed by atoms with van der Waals surface area (Å²) in [5.41, 5.74) is 7.05. The van der Waals surface area contributed by atoms with Gasteiger partial charge in [-0.2, -0.15) is 0 Å². The van der Waals surface area contributed by atoms with Gasteiger partial charge in [0, 0.05) is 36.0 Å². The Morgan fingerprint density at radius 2 is 1.79 bits per heavy atom. The molecule has 2 N–H and O–H groups in total. The van der Waals surface area contributed by atoms with Crippen LogP contribution in [0.3, 0.4) is 0 Å². The number of amides is 1. The van der Waals surface area contributed by atoms with Gasteiger partial charge in [-0.25, -0.2) is 9.97 Å². The third-order valence-corrected chi connectivity index (χ3v) is 6.10. The highest BCUT2D eigenvalue weighted by atomic mass is 16.5. The molecule has 0 spiro atoms.